The molecule has 0 radical (unpaired) electrons. The van der Waals surface area contributed by atoms with Gasteiger partial charge in [0.05, 0.1) is 17.9 Å². The van der Waals surface area contributed by atoms with E-state index in [1.165, 1.54) is 4.88 Å². The van der Waals surface area contributed by atoms with E-state index in [1.54, 1.807) is 17.7 Å². The second-order valence-electron chi connectivity index (χ2n) is 6.87. The molecule has 0 bridgehead atoms. The van der Waals surface area contributed by atoms with Crippen LogP contribution in [0.25, 0.3) is 0 Å². The number of nitrogens with zero attached hydrogens (tertiary/aromatic N) is 4. The molecule has 2 aromatic heterocycles. The third kappa shape index (κ3) is 4.15. The summed E-state index contributed by atoms with van der Waals surface area (Å²) in [4.78, 5) is 26.8. The zero-order chi connectivity index (χ0) is 18.5. The van der Waals surface area contributed by atoms with Crippen LogP contribution < -0.4 is 15.1 Å². The van der Waals surface area contributed by atoms with Gasteiger partial charge in [-0.1, -0.05) is 13.0 Å². The van der Waals surface area contributed by atoms with E-state index in [0.29, 0.717) is 0 Å². The molecule has 1 N–H and O–H groups in total. The number of hydrogen-bond donors (Lipinski definition) is 1. The number of carbonyl (C=O) groups excluding carboxylic acids is 1. The third-order valence-corrected chi connectivity index (χ3v) is 5.90. The Morgan fingerprint density at radius 2 is 2.19 bits per heavy atom. The number of aromatic nitrogens is 2. The molecule has 1 aliphatic rings. The summed E-state index contributed by atoms with van der Waals surface area (Å²) in [5, 5.41) is 5.31. The Morgan fingerprint density at radius 1 is 1.42 bits per heavy atom. The van der Waals surface area contributed by atoms with Crippen LogP contribution in [0, 0.1) is 5.92 Å². The highest BCUT2D eigenvalue weighted by atomic mass is 32.1. The zero-order valence-electron chi connectivity index (χ0n) is 15.7. The van der Waals surface area contributed by atoms with Crippen LogP contribution in [0.3, 0.4) is 0 Å². The Bertz CT molecular complexity index is 710. The number of thiophene rings is 1. The van der Waals surface area contributed by atoms with Crippen molar-refractivity contribution in [2.75, 3.05) is 37.0 Å². The minimum Gasteiger partial charge on any atom is -0.367 e. The lowest BCUT2D eigenvalue weighted by Gasteiger charge is -2.34. The fraction of sp³-hybridized carbons (Fsp3) is 0.526. The third-order valence-electron chi connectivity index (χ3n) is 4.91. The van der Waals surface area contributed by atoms with Gasteiger partial charge in [0.15, 0.2) is 5.82 Å². The summed E-state index contributed by atoms with van der Waals surface area (Å²) in [5.41, 5.74) is 1.04. The average molecular weight is 374 g/mol. The van der Waals surface area contributed by atoms with Gasteiger partial charge in [0.2, 0.25) is 5.91 Å². The predicted molar refractivity (Wildman–Crippen MR) is 107 cm³/mol. The summed E-state index contributed by atoms with van der Waals surface area (Å²) < 4.78 is 0. The molecule has 7 heteroatoms. The first kappa shape index (κ1) is 18.6. The SMILES string of the molecule is CC[C@H](NC(=O)C1CCN(c2cncnc2N(C)C)CC1)c1cccs1. The van der Waals surface area contributed by atoms with Crippen LogP contribution in [-0.2, 0) is 4.79 Å². The Balaban J connectivity index is 1.59. The van der Waals surface area contributed by atoms with E-state index in [1.807, 2.05) is 31.3 Å². The second kappa shape index (κ2) is 8.49. The van der Waals surface area contributed by atoms with Crippen molar-refractivity contribution in [3.8, 4) is 0 Å². The summed E-state index contributed by atoms with van der Waals surface area (Å²) in [6.45, 7) is 3.82. The van der Waals surface area contributed by atoms with Crippen molar-refractivity contribution in [2.24, 2.45) is 5.92 Å². The molecule has 1 atom stereocenters. The van der Waals surface area contributed by atoms with Gasteiger partial charge in [-0.05, 0) is 30.7 Å². The van der Waals surface area contributed by atoms with Crippen molar-refractivity contribution in [3.63, 3.8) is 0 Å². The maximum atomic E-state index is 12.7. The number of piperidine rings is 1. The zero-order valence-corrected chi connectivity index (χ0v) is 16.5. The molecule has 0 spiro atoms. The quantitative estimate of drug-likeness (QED) is 0.843. The molecule has 0 saturated carbocycles. The van der Waals surface area contributed by atoms with Gasteiger partial charge in [0, 0.05) is 38.0 Å². The van der Waals surface area contributed by atoms with E-state index in [2.05, 4.69) is 38.6 Å². The molecule has 3 heterocycles. The molecule has 1 amide bonds. The van der Waals surface area contributed by atoms with E-state index in [0.717, 1.165) is 43.9 Å². The number of amides is 1. The molecule has 1 aliphatic heterocycles. The average Bonchev–Trinajstić information content (AvgIpc) is 3.20. The van der Waals surface area contributed by atoms with Crippen LogP contribution in [0.4, 0.5) is 11.5 Å². The normalized spacial score (nSPS) is 16.3. The van der Waals surface area contributed by atoms with Gasteiger partial charge in [-0.15, -0.1) is 11.3 Å². The predicted octanol–water partition coefficient (Wildman–Crippen LogP) is 3.09. The lowest BCUT2D eigenvalue weighted by Crippen LogP contribution is -2.42. The smallest absolute Gasteiger partial charge is 0.223 e. The summed E-state index contributed by atoms with van der Waals surface area (Å²) in [5.74, 6) is 1.18. The van der Waals surface area contributed by atoms with Crippen molar-refractivity contribution < 1.29 is 4.79 Å². The summed E-state index contributed by atoms with van der Waals surface area (Å²) in [7, 11) is 3.98. The topological polar surface area (TPSA) is 61.4 Å². The molecule has 1 fully saturated rings. The molecular formula is C19H27N5OS. The Kier molecular flexibility index (Phi) is 6.08. The van der Waals surface area contributed by atoms with Gasteiger partial charge in [0.1, 0.15) is 6.33 Å². The fourth-order valence-electron chi connectivity index (χ4n) is 3.42. The van der Waals surface area contributed by atoms with E-state index in [-0.39, 0.29) is 17.9 Å². The summed E-state index contributed by atoms with van der Waals surface area (Å²) in [6, 6.07) is 4.26. The lowest BCUT2D eigenvalue weighted by atomic mass is 9.95. The first-order chi connectivity index (χ1) is 12.6. The molecule has 0 unspecified atom stereocenters. The Labute approximate surface area is 159 Å². The number of rotatable bonds is 6. The number of carbonyl (C=O) groups is 1. The number of hydrogen-bond acceptors (Lipinski definition) is 6. The van der Waals surface area contributed by atoms with Crippen LogP contribution in [0.5, 0.6) is 0 Å². The van der Waals surface area contributed by atoms with E-state index in [9.17, 15) is 4.79 Å². The molecule has 140 valence electrons. The maximum absolute atomic E-state index is 12.7. The highest BCUT2D eigenvalue weighted by Gasteiger charge is 2.28. The van der Waals surface area contributed by atoms with Gasteiger partial charge >= 0.3 is 0 Å². The van der Waals surface area contributed by atoms with E-state index >= 15 is 0 Å². The van der Waals surface area contributed by atoms with Gasteiger partial charge in [0.25, 0.3) is 0 Å². The van der Waals surface area contributed by atoms with Gasteiger partial charge in [-0.2, -0.15) is 0 Å². The summed E-state index contributed by atoms with van der Waals surface area (Å²) in [6.07, 6.45) is 6.07. The summed E-state index contributed by atoms with van der Waals surface area (Å²) >= 11 is 1.70. The van der Waals surface area contributed by atoms with Gasteiger partial charge in [-0.3, -0.25) is 4.79 Å². The van der Waals surface area contributed by atoms with E-state index in [4.69, 9.17) is 0 Å². The van der Waals surface area contributed by atoms with Crippen LogP contribution in [0.1, 0.15) is 37.1 Å². The molecule has 26 heavy (non-hydrogen) atoms. The Morgan fingerprint density at radius 3 is 2.81 bits per heavy atom. The minimum absolute atomic E-state index is 0.0766. The van der Waals surface area contributed by atoms with Crippen LogP contribution in [-0.4, -0.2) is 43.1 Å². The van der Waals surface area contributed by atoms with E-state index < -0.39 is 0 Å². The van der Waals surface area contributed by atoms with Crippen LogP contribution in [0.2, 0.25) is 0 Å². The monoisotopic (exact) mass is 373 g/mol. The number of nitrogens with one attached hydrogen (secondary N) is 1. The second-order valence-corrected chi connectivity index (χ2v) is 7.85. The maximum Gasteiger partial charge on any atom is 0.223 e. The lowest BCUT2D eigenvalue weighted by molar-refractivity contribution is -0.126. The van der Waals surface area contributed by atoms with Crippen LogP contribution in [0.15, 0.2) is 30.0 Å². The highest BCUT2D eigenvalue weighted by molar-refractivity contribution is 7.10. The fourth-order valence-corrected chi connectivity index (χ4v) is 4.28. The standard InChI is InChI=1S/C19H27N5OS/c1-4-15(17-6-5-11-26-17)22-19(25)14-7-9-24(10-8-14)16-12-20-13-21-18(16)23(2)3/h5-6,11-15H,4,7-10H2,1-3H3,(H,22,25)/t15-/m0/s1. The largest absolute Gasteiger partial charge is 0.367 e. The molecule has 0 aromatic carbocycles. The molecule has 2 aromatic rings. The van der Waals surface area contributed by atoms with Crippen LogP contribution >= 0.6 is 11.3 Å². The van der Waals surface area contributed by atoms with Crippen molar-refractivity contribution >= 4 is 28.7 Å². The van der Waals surface area contributed by atoms with Crippen molar-refractivity contribution in [3.05, 3.63) is 34.9 Å². The molecule has 3 rings (SSSR count). The molecule has 0 aliphatic carbocycles. The first-order valence-electron chi connectivity index (χ1n) is 9.16. The van der Waals surface area contributed by atoms with Crippen molar-refractivity contribution in [1.29, 1.82) is 0 Å². The minimum atomic E-state index is 0.0766. The highest BCUT2D eigenvalue weighted by Crippen LogP contribution is 2.29. The van der Waals surface area contributed by atoms with Gasteiger partial charge in [-0.25, -0.2) is 9.97 Å². The Hall–Kier alpha value is -2.15. The van der Waals surface area contributed by atoms with Gasteiger partial charge < -0.3 is 15.1 Å². The van der Waals surface area contributed by atoms with Crippen molar-refractivity contribution in [2.45, 2.75) is 32.2 Å². The first-order valence-corrected chi connectivity index (χ1v) is 10.0. The number of anilines is 2. The molecule has 1 saturated heterocycles. The molecule has 6 nitrogen and oxygen atoms in total. The molecular weight excluding hydrogens is 346 g/mol. The van der Waals surface area contributed by atoms with Crippen molar-refractivity contribution in [1.82, 2.24) is 15.3 Å².